The molecule has 0 aromatic carbocycles. The molecule has 78 valence electrons. The quantitative estimate of drug-likeness (QED) is 0.613. The minimum Gasteiger partial charge on any atom is -0.350 e. The molecule has 2 unspecified atom stereocenters. The predicted molar refractivity (Wildman–Crippen MR) is 54.8 cm³/mol. The van der Waals surface area contributed by atoms with Crippen LogP contribution >= 0.6 is 0 Å². The first-order valence-electron chi connectivity index (χ1n) is 5.40. The molecule has 0 aromatic heterocycles. The Hall–Kier alpha value is -1.06. The molecule has 0 heterocycles. The number of primary amides is 1. The van der Waals surface area contributed by atoms with Crippen molar-refractivity contribution in [2.75, 3.05) is 0 Å². The van der Waals surface area contributed by atoms with Gasteiger partial charge in [0.2, 0.25) is 0 Å². The van der Waals surface area contributed by atoms with Gasteiger partial charge in [-0.25, -0.2) is 10.2 Å². The van der Waals surface area contributed by atoms with Gasteiger partial charge in [0.1, 0.15) is 0 Å². The van der Waals surface area contributed by atoms with Crippen molar-refractivity contribution >= 4 is 11.7 Å². The van der Waals surface area contributed by atoms with Crippen molar-refractivity contribution in [1.82, 2.24) is 5.43 Å². The van der Waals surface area contributed by atoms with Crippen LogP contribution in [0.4, 0.5) is 4.79 Å². The van der Waals surface area contributed by atoms with Gasteiger partial charge in [0.15, 0.2) is 0 Å². The van der Waals surface area contributed by atoms with Crippen LogP contribution in [0.5, 0.6) is 0 Å². The van der Waals surface area contributed by atoms with E-state index in [9.17, 15) is 4.79 Å². The summed E-state index contributed by atoms with van der Waals surface area (Å²) in [5, 5.41) is 4.11. The average Bonchev–Trinajstić information content (AvgIpc) is 1.99. The van der Waals surface area contributed by atoms with Gasteiger partial charge in [0.05, 0.1) is 0 Å². The van der Waals surface area contributed by atoms with E-state index in [2.05, 4.69) is 10.5 Å². The second-order valence-corrected chi connectivity index (χ2v) is 4.28. The third-order valence-corrected chi connectivity index (χ3v) is 3.31. The van der Waals surface area contributed by atoms with Gasteiger partial charge in [-0.3, -0.25) is 0 Å². The van der Waals surface area contributed by atoms with Crippen molar-refractivity contribution in [2.45, 2.75) is 38.5 Å². The maximum atomic E-state index is 10.5. The molecule has 3 aliphatic carbocycles. The van der Waals surface area contributed by atoms with E-state index in [1.54, 1.807) is 0 Å². The largest absolute Gasteiger partial charge is 0.350 e. The number of urea groups is 1. The van der Waals surface area contributed by atoms with Gasteiger partial charge in [-0.05, 0) is 31.1 Å². The smallest absolute Gasteiger partial charge is 0.332 e. The molecule has 3 fully saturated rings. The van der Waals surface area contributed by atoms with Gasteiger partial charge in [-0.2, -0.15) is 5.10 Å². The number of fused-ring (bicyclic) bond motifs is 4. The van der Waals surface area contributed by atoms with Crippen LogP contribution in [0.1, 0.15) is 38.5 Å². The molecule has 3 saturated carbocycles. The van der Waals surface area contributed by atoms with Crippen LogP contribution in [0.2, 0.25) is 0 Å². The molecule has 2 atom stereocenters. The van der Waals surface area contributed by atoms with Crippen LogP contribution in [-0.2, 0) is 0 Å². The number of rotatable bonds is 1. The van der Waals surface area contributed by atoms with Crippen LogP contribution in [-0.4, -0.2) is 11.7 Å². The monoisotopic (exact) mass is 195 g/mol. The normalized spacial score (nSPS) is 31.0. The summed E-state index contributed by atoms with van der Waals surface area (Å²) in [6.45, 7) is 0. The lowest BCUT2D eigenvalue weighted by molar-refractivity contribution is 0.248. The highest BCUT2D eigenvalue weighted by atomic mass is 16.2. The van der Waals surface area contributed by atoms with Crippen molar-refractivity contribution in [3.05, 3.63) is 0 Å². The van der Waals surface area contributed by atoms with E-state index in [-0.39, 0.29) is 0 Å². The Morgan fingerprint density at radius 1 is 1.29 bits per heavy atom. The molecule has 0 aliphatic heterocycles. The number of nitrogens with zero attached hydrogens (tertiary/aromatic N) is 1. The van der Waals surface area contributed by atoms with Crippen LogP contribution in [0.25, 0.3) is 0 Å². The van der Waals surface area contributed by atoms with Crippen molar-refractivity contribution in [2.24, 2.45) is 22.7 Å². The molecule has 2 bridgehead atoms. The fraction of sp³-hybridized carbons (Fsp3) is 0.800. The molecule has 3 rings (SSSR count). The molecule has 4 heteroatoms. The SMILES string of the molecule is NC(=O)NN=C1C2CCCCCC1C2. The Bertz CT molecular complexity index is 244. The van der Waals surface area contributed by atoms with E-state index in [1.807, 2.05) is 0 Å². The maximum absolute atomic E-state index is 10.5. The number of amides is 2. The number of hydrazone groups is 1. The van der Waals surface area contributed by atoms with Gasteiger partial charge >= 0.3 is 6.03 Å². The van der Waals surface area contributed by atoms with E-state index in [4.69, 9.17) is 5.73 Å². The third kappa shape index (κ3) is 1.89. The highest BCUT2D eigenvalue weighted by Gasteiger charge is 2.37. The maximum Gasteiger partial charge on any atom is 0.332 e. The minimum absolute atomic E-state index is 0.557. The van der Waals surface area contributed by atoms with Gasteiger partial charge in [-0.15, -0.1) is 0 Å². The summed E-state index contributed by atoms with van der Waals surface area (Å²) in [5.41, 5.74) is 8.52. The van der Waals surface area contributed by atoms with Crippen molar-refractivity contribution in [1.29, 1.82) is 0 Å². The lowest BCUT2D eigenvalue weighted by Gasteiger charge is -2.39. The zero-order chi connectivity index (χ0) is 9.97. The van der Waals surface area contributed by atoms with Crippen molar-refractivity contribution in [3.63, 3.8) is 0 Å². The molecule has 2 amide bonds. The number of nitrogens with two attached hydrogens (primary N) is 1. The molecule has 4 nitrogen and oxygen atoms in total. The summed E-state index contributed by atoms with van der Waals surface area (Å²) in [6.07, 6.45) is 7.67. The first-order valence-corrected chi connectivity index (χ1v) is 5.40. The second-order valence-electron chi connectivity index (χ2n) is 4.28. The summed E-state index contributed by atoms with van der Waals surface area (Å²) in [7, 11) is 0. The summed E-state index contributed by atoms with van der Waals surface area (Å²) >= 11 is 0. The highest BCUT2D eigenvalue weighted by Crippen LogP contribution is 2.40. The topological polar surface area (TPSA) is 67.5 Å². The summed E-state index contributed by atoms with van der Waals surface area (Å²) in [6, 6.07) is -0.557. The zero-order valence-corrected chi connectivity index (χ0v) is 8.33. The molecular formula is C10H17N3O. The van der Waals surface area contributed by atoms with E-state index in [0.717, 1.165) is 0 Å². The Kier molecular flexibility index (Phi) is 2.70. The fourth-order valence-corrected chi connectivity index (χ4v) is 2.55. The van der Waals surface area contributed by atoms with Crippen molar-refractivity contribution in [3.8, 4) is 0 Å². The van der Waals surface area contributed by atoms with Crippen LogP contribution in [0, 0.1) is 11.8 Å². The molecule has 3 aliphatic rings. The summed E-state index contributed by atoms with van der Waals surface area (Å²) < 4.78 is 0. The average molecular weight is 195 g/mol. The highest BCUT2D eigenvalue weighted by molar-refractivity contribution is 5.94. The zero-order valence-electron chi connectivity index (χ0n) is 8.33. The molecule has 3 N–H and O–H groups in total. The first kappa shape index (κ1) is 9.49. The molecule has 14 heavy (non-hydrogen) atoms. The van der Waals surface area contributed by atoms with Crippen LogP contribution in [0.15, 0.2) is 5.10 Å². The third-order valence-electron chi connectivity index (χ3n) is 3.31. The van der Waals surface area contributed by atoms with Gasteiger partial charge in [0.25, 0.3) is 0 Å². The van der Waals surface area contributed by atoms with E-state index in [0.29, 0.717) is 11.8 Å². The number of nitrogens with one attached hydrogen (secondary N) is 1. The fourth-order valence-electron chi connectivity index (χ4n) is 2.55. The Morgan fingerprint density at radius 3 is 2.50 bits per heavy atom. The lowest BCUT2D eigenvalue weighted by Crippen LogP contribution is -2.41. The summed E-state index contributed by atoms with van der Waals surface area (Å²) in [5.74, 6) is 1.24. The van der Waals surface area contributed by atoms with Crippen LogP contribution in [0.3, 0.4) is 0 Å². The second kappa shape index (κ2) is 3.98. The standard InChI is InChI=1S/C10H17N3O/c11-10(14)13-12-9-7-4-2-1-3-5-8(9)6-7/h7-8H,1-6H2,(H3,11,13,14). The van der Waals surface area contributed by atoms with E-state index >= 15 is 0 Å². The summed E-state index contributed by atoms with van der Waals surface area (Å²) in [4.78, 5) is 10.5. The Morgan fingerprint density at radius 2 is 1.93 bits per heavy atom. The number of carbonyl (C=O) groups excluding carboxylic acids is 1. The Balaban J connectivity index is 1.97. The first-order chi connectivity index (χ1) is 6.77. The van der Waals surface area contributed by atoms with E-state index < -0.39 is 6.03 Å². The number of hydrogen-bond donors (Lipinski definition) is 2. The minimum atomic E-state index is -0.557. The van der Waals surface area contributed by atoms with Crippen LogP contribution < -0.4 is 11.2 Å². The number of hydrogen-bond acceptors (Lipinski definition) is 2. The van der Waals surface area contributed by atoms with E-state index in [1.165, 1.54) is 44.2 Å². The molecule has 0 aromatic rings. The van der Waals surface area contributed by atoms with Gasteiger partial charge in [0, 0.05) is 5.71 Å². The molecule has 0 radical (unpaired) electrons. The molecule has 0 spiro atoms. The lowest BCUT2D eigenvalue weighted by atomic mass is 9.67. The predicted octanol–water partition coefficient (Wildman–Crippen LogP) is 1.61. The molecular weight excluding hydrogens is 178 g/mol. The molecule has 0 saturated heterocycles. The van der Waals surface area contributed by atoms with Gasteiger partial charge in [-0.1, -0.05) is 19.3 Å². The number of carbonyl (C=O) groups is 1. The Labute approximate surface area is 83.9 Å². The van der Waals surface area contributed by atoms with Crippen molar-refractivity contribution < 1.29 is 4.79 Å². The van der Waals surface area contributed by atoms with Gasteiger partial charge < -0.3 is 5.73 Å².